The SMILES string of the molecule is CCC(CC)C1CC(Nc2ncccc2C(F)(F)F)CCO1. The summed E-state index contributed by atoms with van der Waals surface area (Å²) in [4.78, 5) is 3.88. The lowest BCUT2D eigenvalue weighted by Crippen LogP contribution is -2.38. The van der Waals surface area contributed by atoms with Crippen LogP contribution in [0.1, 0.15) is 45.1 Å². The van der Waals surface area contributed by atoms with Gasteiger partial charge in [0, 0.05) is 18.8 Å². The first-order valence-corrected chi connectivity index (χ1v) is 7.86. The summed E-state index contributed by atoms with van der Waals surface area (Å²) in [5.74, 6) is 0.376. The smallest absolute Gasteiger partial charge is 0.378 e. The van der Waals surface area contributed by atoms with Crippen molar-refractivity contribution < 1.29 is 17.9 Å². The third-order valence-electron chi connectivity index (χ3n) is 4.34. The number of pyridine rings is 1. The molecule has 0 bridgehead atoms. The summed E-state index contributed by atoms with van der Waals surface area (Å²) in [6, 6.07) is 2.34. The Kier molecular flexibility index (Phi) is 5.67. The summed E-state index contributed by atoms with van der Waals surface area (Å²) >= 11 is 0. The highest BCUT2D eigenvalue weighted by Gasteiger charge is 2.35. The molecule has 1 saturated heterocycles. The lowest BCUT2D eigenvalue weighted by atomic mass is 9.89. The average Bonchev–Trinajstić information content (AvgIpc) is 2.48. The van der Waals surface area contributed by atoms with Gasteiger partial charge in [-0.2, -0.15) is 13.2 Å². The first-order valence-electron chi connectivity index (χ1n) is 7.86. The molecular formula is C16H23F3N2O. The van der Waals surface area contributed by atoms with Gasteiger partial charge in [0.15, 0.2) is 0 Å². The zero-order chi connectivity index (χ0) is 16.2. The number of nitrogens with one attached hydrogen (secondary N) is 1. The van der Waals surface area contributed by atoms with Gasteiger partial charge in [-0.1, -0.05) is 26.7 Å². The second kappa shape index (κ2) is 7.31. The van der Waals surface area contributed by atoms with Gasteiger partial charge in [0.1, 0.15) is 5.82 Å². The Balaban J connectivity index is 2.08. The predicted molar refractivity (Wildman–Crippen MR) is 79.7 cm³/mol. The fourth-order valence-electron chi connectivity index (χ4n) is 3.04. The van der Waals surface area contributed by atoms with Crippen LogP contribution < -0.4 is 5.32 Å². The molecule has 2 rings (SSSR count). The first-order chi connectivity index (χ1) is 10.5. The zero-order valence-corrected chi connectivity index (χ0v) is 13.0. The average molecular weight is 316 g/mol. The molecule has 1 N–H and O–H groups in total. The molecule has 6 heteroatoms. The highest BCUT2D eigenvalue weighted by molar-refractivity contribution is 5.46. The van der Waals surface area contributed by atoms with Crippen molar-refractivity contribution >= 4 is 5.82 Å². The van der Waals surface area contributed by atoms with Crippen molar-refractivity contribution in [1.82, 2.24) is 4.98 Å². The number of alkyl halides is 3. The molecule has 0 aromatic carbocycles. The Morgan fingerprint density at radius 1 is 1.36 bits per heavy atom. The van der Waals surface area contributed by atoms with E-state index in [0.717, 1.165) is 25.3 Å². The van der Waals surface area contributed by atoms with Crippen molar-refractivity contribution in [3.05, 3.63) is 23.9 Å². The number of anilines is 1. The number of ether oxygens (including phenoxy) is 1. The van der Waals surface area contributed by atoms with Gasteiger partial charge < -0.3 is 10.1 Å². The highest BCUT2D eigenvalue weighted by Crippen LogP contribution is 2.35. The van der Waals surface area contributed by atoms with Gasteiger partial charge in [0.25, 0.3) is 0 Å². The lowest BCUT2D eigenvalue weighted by Gasteiger charge is -2.35. The standard InChI is InChI=1S/C16H23F3N2O/c1-3-11(4-2)14-10-12(7-9-22-14)21-15-13(16(17,18)19)6-5-8-20-15/h5-6,8,11-12,14H,3-4,7,9-10H2,1-2H3,(H,20,21). The van der Waals surface area contributed by atoms with Crippen LogP contribution in [0.5, 0.6) is 0 Å². The molecule has 1 aromatic heterocycles. The van der Waals surface area contributed by atoms with Crippen LogP contribution >= 0.6 is 0 Å². The normalized spacial score (nSPS) is 22.8. The van der Waals surface area contributed by atoms with Gasteiger partial charge in [-0.25, -0.2) is 4.98 Å². The summed E-state index contributed by atoms with van der Waals surface area (Å²) in [7, 11) is 0. The second-order valence-corrected chi connectivity index (χ2v) is 5.75. The van der Waals surface area contributed by atoms with E-state index in [0.29, 0.717) is 18.9 Å². The van der Waals surface area contributed by atoms with E-state index in [9.17, 15) is 13.2 Å². The minimum absolute atomic E-state index is 0.0321. The van der Waals surface area contributed by atoms with Crippen molar-refractivity contribution in [2.45, 2.75) is 57.9 Å². The van der Waals surface area contributed by atoms with E-state index in [1.807, 2.05) is 0 Å². The van der Waals surface area contributed by atoms with Gasteiger partial charge in [-0.15, -0.1) is 0 Å². The van der Waals surface area contributed by atoms with Gasteiger partial charge in [-0.05, 0) is 30.9 Å². The van der Waals surface area contributed by atoms with E-state index in [2.05, 4.69) is 24.1 Å². The van der Waals surface area contributed by atoms with E-state index < -0.39 is 11.7 Å². The monoisotopic (exact) mass is 316 g/mol. The molecule has 2 atom stereocenters. The minimum atomic E-state index is -4.39. The fourth-order valence-corrected chi connectivity index (χ4v) is 3.04. The molecule has 0 radical (unpaired) electrons. The van der Waals surface area contributed by atoms with E-state index in [4.69, 9.17) is 4.74 Å². The molecule has 0 aliphatic carbocycles. The molecule has 2 unspecified atom stereocenters. The van der Waals surface area contributed by atoms with Crippen molar-refractivity contribution in [2.75, 3.05) is 11.9 Å². The van der Waals surface area contributed by atoms with E-state index in [1.165, 1.54) is 12.3 Å². The van der Waals surface area contributed by atoms with Crippen LogP contribution in [0.25, 0.3) is 0 Å². The number of hydrogen-bond donors (Lipinski definition) is 1. The summed E-state index contributed by atoms with van der Waals surface area (Å²) in [5, 5.41) is 2.98. The summed E-state index contributed by atoms with van der Waals surface area (Å²) in [6.07, 6.45) is 0.562. The Morgan fingerprint density at radius 2 is 2.09 bits per heavy atom. The Labute approximate surface area is 129 Å². The Bertz CT molecular complexity index is 475. The quantitative estimate of drug-likeness (QED) is 0.868. The van der Waals surface area contributed by atoms with Crippen LogP contribution in [-0.4, -0.2) is 23.7 Å². The van der Waals surface area contributed by atoms with E-state index in [1.54, 1.807) is 0 Å². The predicted octanol–water partition coefficient (Wildman–Crippen LogP) is 4.50. The van der Waals surface area contributed by atoms with Crippen LogP contribution in [0.4, 0.5) is 19.0 Å². The van der Waals surface area contributed by atoms with Gasteiger partial charge in [0.2, 0.25) is 0 Å². The lowest BCUT2D eigenvalue weighted by molar-refractivity contribution is -0.137. The summed E-state index contributed by atoms with van der Waals surface area (Å²) in [5.41, 5.74) is -0.708. The van der Waals surface area contributed by atoms with Crippen molar-refractivity contribution in [2.24, 2.45) is 5.92 Å². The van der Waals surface area contributed by atoms with Gasteiger partial charge in [0.05, 0.1) is 11.7 Å². The van der Waals surface area contributed by atoms with E-state index in [-0.39, 0.29) is 18.0 Å². The number of halogens is 3. The van der Waals surface area contributed by atoms with Crippen molar-refractivity contribution in [1.29, 1.82) is 0 Å². The number of aromatic nitrogens is 1. The second-order valence-electron chi connectivity index (χ2n) is 5.75. The van der Waals surface area contributed by atoms with Crippen LogP contribution in [0.15, 0.2) is 18.3 Å². The molecule has 1 aromatic rings. The zero-order valence-electron chi connectivity index (χ0n) is 13.0. The number of hydrogen-bond acceptors (Lipinski definition) is 3. The van der Waals surface area contributed by atoms with Crippen LogP contribution in [-0.2, 0) is 10.9 Å². The maximum absolute atomic E-state index is 13.0. The van der Waals surface area contributed by atoms with Crippen molar-refractivity contribution in [3.63, 3.8) is 0 Å². The maximum Gasteiger partial charge on any atom is 0.419 e. The Hall–Kier alpha value is -1.30. The fraction of sp³-hybridized carbons (Fsp3) is 0.688. The highest BCUT2D eigenvalue weighted by atomic mass is 19.4. The van der Waals surface area contributed by atoms with Crippen LogP contribution in [0.3, 0.4) is 0 Å². The number of nitrogens with zero attached hydrogens (tertiary/aromatic N) is 1. The van der Waals surface area contributed by atoms with Gasteiger partial charge in [-0.3, -0.25) is 0 Å². The Morgan fingerprint density at radius 3 is 2.73 bits per heavy atom. The van der Waals surface area contributed by atoms with Crippen LogP contribution in [0.2, 0.25) is 0 Å². The van der Waals surface area contributed by atoms with Crippen molar-refractivity contribution in [3.8, 4) is 0 Å². The molecular weight excluding hydrogens is 293 g/mol. The third-order valence-corrected chi connectivity index (χ3v) is 4.34. The van der Waals surface area contributed by atoms with Gasteiger partial charge >= 0.3 is 6.18 Å². The summed E-state index contributed by atoms with van der Waals surface area (Å²) < 4.78 is 44.8. The molecule has 1 fully saturated rings. The molecule has 0 spiro atoms. The third kappa shape index (κ3) is 4.12. The molecule has 0 amide bonds. The first kappa shape index (κ1) is 17.1. The van der Waals surface area contributed by atoms with E-state index >= 15 is 0 Å². The molecule has 2 heterocycles. The molecule has 124 valence electrons. The molecule has 3 nitrogen and oxygen atoms in total. The molecule has 22 heavy (non-hydrogen) atoms. The number of rotatable bonds is 5. The minimum Gasteiger partial charge on any atom is -0.378 e. The molecule has 0 saturated carbocycles. The van der Waals surface area contributed by atoms with Crippen LogP contribution in [0, 0.1) is 5.92 Å². The largest absolute Gasteiger partial charge is 0.419 e. The maximum atomic E-state index is 13.0. The molecule has 1 aliphatic heterocycles. The topological polar surface area (TPSA) is 34.2 Å². The molecule has 1 aliphatic rings. The summed E-state index contributed by atoms with van der Waals surface area (Å²) in [6.45, 7) is 4.82.